The predicted octanol–water partition coefficient (Wildman–Crippen LogP) is 2.48. The highest BCUT2D eigenvalue weighted by Crippen LogP contribution is 2.18. The van der Waals surface area contributed by atoms with Gasteiger partial charge >= 0.3 is 5.97 Å². The van der Waals surface area contributed by atoms with Crippen LogP contribution in [0.25, 0.3) is 0 Å². The molecule has 1 amide bonds. The van der Waals surface area contributed by atoms with Crippen molar-refractivity contribution in [1.82, 2.24) is 5.32 Å². The molecular formula is C15H13ClN2O3. The first-order valence-electron chi connectivity index (χ1n) is 6.12. The molecule has 2 aromatic rings. The summed E-state index contributed by atoms with van der Waals surface area (Å²) in [5, 5.41) is 12.0. The third kappa shape index (κ3) is 3.73. The van der Waals surface area contributed by atoms with E-state index in [2.05, 4.69) is 5.32 Å². The van der Waals surface area contributed by atoms with E-state index in [0.29, 0.717) is 16.3 Å². The predicted molar refractivity (Wildman–Crippen MR) is 80.1 cm³/mol. The highest BCUT2D eigenvalue weighted by atomic mass is 35.5. The first-order valence-corrected chi connectivity index (χ1v) is 6.50. The molecule has 0 radical (unpaired) electrons. The van der Waals surface area contributed by atoms with Crippen LogP contribution in [-0.2, 0) is 4.79 Å². The van der Waals surface area contributed by atoms with Gasteiger partial charge in [0, 0.05) is 16.3 Å². The number of halogens is 1. The van der Waals surface area contributed by atoms with Gasteiger partial charge in [0.05, 0.1) is 0 Å². The Balaban J connectivity index is 2.25. The first kappa shape index (κ1) is 14.9. The second-order valence-corrected chi connectivity index (χ2v) is 4.87. The fourth-order valence-corrected chi connectivity index (χ4v) is 2.13. The molecule has 0 aliphatic carbocycles. The molecule has 108 valence electrons. The van der Waals surface area contributed by atoms with E-state index in [0.717, 1.165) is 0 Å². The van der Waals surface area contributed by atoms with Crippen LogP contribution in [0.1, 0.15) is 22.0 Å². The molecule has 0 saturated heterocycles. The largest absolute Gasteiger partial charge is 0.479 e. The number of aliphatic carboxylic acids is 1. The zero-order chi connectivity index (χ0) is 15.4. The van der Waals surface area contributed by atoms with E-state index in [1.54, 1.807) is 30.3 Å². The number of carbonyl (C=O) groups is 2. The lowest BCUT2D eigenvalue weighted by Gasteiger charge is -2.15. The number of hydrogen-bond donors (Lipinski definition) is 3. The van der Waals surface area contributed by atoms with Crippen molar-refractivity contribution in [3.63, 3.8) is 0 Å². The van der Waals surface area contributed by atoms with E-state index in [1.807, 2.05) is 0 Å². The summed E-state index contributed by atoms with van der Waals surface area (Å²) >= 11 is 5.83. The molecule has 4 N–H and O–H groups in total. The standard InChI is InChI=1S/C15H13ClN2O3/c16-11-6-10(7-12(17)8-11)14(19)18-13(15(20)21)9-4-2-1-3-5-9/h1-8,13H,17H2,(H,18,19)(H,20,21)/t13-/m0/s1. The van der Waals surface area contributed by atoms with Crippen LogP contribution in [0.2, 0.25) is 5.02 Å². The molecule has 2 rings (SSSR count). The van der Waals surface area contributed by atoms with Gasteiger partial charge < -0.3 is 16.2 Å². The number of hydrogen-bond acceptors (Lipinski definition) is 3. The monoisotopic (exact) mass is 304 g/mol. The summed E-state index contributed by atoms with van der Waals surface area (Å²) in [7, 11) is 0. The summed E-state index contributed by atoms with van der Waals surface area (Å²) in [5.74, 6) is -1.70. The minimum absolute atomic E-state index is 0.210. The van der Waals surface area contributed by atoms with Gasteiger partial charge in [-0.2, -0.15) is 0 Å². The molecule has 0 bridgehead atoms. The molecule has 2 aromatic carbocycles. The highest BCUT2D eigenvalue weighted by Gasteiger charge is 2.22. The summed E-state index contributed by atoms with van der Waals surface area (Å²) in [5.41, 5.74) is 6.64. The van der Waals surface area contributed by atoms with Crippen molar-refractivity contribution in [1.29, 1.82) is 0 Å². The number of nitrogen functional groups attached to an aromatic ring is 1. The fourth-order valence-electron chi connectivity index (χ4n) is 1.89. The number of nitrogens with two attached hydrogens (primary N) is 1. The van der Waals surface area contributed by atoms with Crippen LogP contribution in [0.15, 0.2) is 48.5 Å². The van der Waals surface area contributed by atoms with E-state index >= 15 is 0 Å². The maximum Gasteiger partial charge on any atom is 0.330 e. The number of carboxylic acids is 1. The summed E-state index contributed by atoms with van der Waals surface area (Å²) in [6.07, 6.45) is 0. The number of rotatable bonds is 4. The van der Waals surface area contributed by atoms with Gasteiger partial charge in [0.2, 0.25) is 0 Å². The van der Waals surface area contributed by atoms with Gasteiger partial charge in [-0.15, -0.1) is 0 Å². The number of amides is 1. The maximum absolute atomic E-state index is 12.1. The number of carboxylic acid groups (broad SMARTS) is 1. The number of benzene rings is 2. The SMILES string of the molecule is Nc1cc(Cl)cc(C(=O)N[C@H](C(=O)O)c2ccccc2)c1. The van der Waals surface area contributed by atoms with Crippen molar-refractivity contribution < 1.29 is 14.7 Å². The Morgan fingerprint density at radius 1 is 1.14 bits per heavy atom. The molecule has 0 spiro atoms. The smallest absolute Gasteiger partial charge is 0.330 e. The summed E-state index contributed by atoms with van der Waals surface area (Å²) in [4.78, 5) is 23.5. The molecule has 0 heterocycles. The van der Waals surface area contributed by atoms with E-state index in [9.17, 15) is 14.7 Å². The molecular weight excluding hydrogens is 292 g/mol. The van der Waals surface area contributed by atoms with Crippen LogP contribution in [0.3, 0.4) is 0 Å². The van der Waals surface area contributed by atoms with Crippen LogP contribution in [0.5, 0.6) is 0 Å². The van der Waals surface area contributed by atoms with E-state index in [-0.39, 0.29) is 5.56 Å². The Bertz CT molecular complexity index is 654. The van der Waals surface area contributed by atoms with Crippen molar-refractivity contribution in [2.75, 3.05) is 5.73 Å². The molecule has 0 aliphatic heterocycles. The second kappa shape index (κ2) is 6.28. The van der Waals surface area contributed by atoms with Crippen molar-refractivity contribution in [2.24, 2.45) is 0 Å². The van der Waals surface area contributed by atoms with Gasteiger partial charge in [-0.1, -0.05) is 41.9 Å². The summed E-state index contributed by atoms with van der Waals surface area (Å²) in [6, 6.07) is 11.7. The number of carbonyl (C=O) groups excluding carboxylic acids is 1. The van der Waals surface area contributed by atoms with Crippen molar-refractivity contribution >= 4 is 29.2 Å². The average molecular weight is 305 g/mol. The third-order valence-corrected chi connectivity index (χ3v) is 3.06. The minimum atomic E-state index is -1.15. The average Bonchev–Trinajstić information content (AvgIpc) is 2.44. The van der Waals surface area contributed by atoms with Gasteiger partial charge in [0.1, 0.15) is 0 Å². The van der Waals surface area contributed by atoms with Crippen molar-refractivity contribution in [3.8, 4) is 0 Å². The summed E-state index contributed by atoms with van der Waals surface area (Å²) in [6.45, 7) is 0. The van der Waals surface area contributed by atoms with Gasteiger partial charge in [0.15, 0.2) is 6.04 Å². The topological polar surface area (TPSA) is 92.4 Å². The van der Waals surface area contributed by atoms with Crippen LogP contribution >= 0.6 is 11.6 Å². The van der Waals surface area contributed by atoms with Crippen LogP contribution < -0.4 is 11.1 Å². The minimum Gasteiger partial charge on any atom is -0.479 e. The normalized spacial score (nSPS) is 11.7. The quantitative estimate of drug-likeness (QED) is 0.757. The lowest BCUT2D eigenvalue weighted by Crippen LogP contribution is -2.33. The third-order valence-electron chi connectivity index (χ3n) is 2.84. The second-order valence-electron chi connectivity index (χ2n) is 4.43. The van der Waals surface area contributed by atoms with E-state index in [4.69, 9.17) is 17.3 Å². The molecule has 1 atom stereocenters. The maximum atomic E-state index is 12.1. The Morgan fingerprint density at radius 2 is 1.81 bits per heavy atom. The lowest BCUT2D eigenvalue weighted by molar-refractivity contribution is -0.139. The van der Waals surface area contributed by atoms with Gasteiger partial charge in [0.25, 0.3) is 5.91 Å². The molecule has 0 saturated carbocycles. The Labute approximate surface area is 126 Å². The fraction of sp³-hybridized carbons (Fsp3) is 0.0667. The van der Waals surface area contributed by atoms with E-state index in [1.165, 1.54) is 18.2 Å². The first-order chi connectivity index (χ1) is 9.97. The molecule has 0 unspecified atom stereocenters. The van der Waals surface area contributed by atoms with Gasteiger partial charge in [-0.05, 0) is 23.8 Å². The molecule has 21 heavy (non-hydrogen) atoms. The van der Waals surface area contributed by atoms with E-state index < -0.39 is 17.9 Å². The van der Waals surface area contributed by atoms with Crippen molar-refractivity contribution in [2.45, 2.75) is 6.04 Å². The Hall–Kier alpha value is -2.53. The number of nitrogens with one attached hydrogen (secondary N) is 1. The Kier molecular flexibility index (Phi) is 4.45. The molecule has 0 fully saturated rings. The number of anilines is 1. The van der Waals surface area contributed by atoms with Crippen LogP contribution in [-0.4, -0.2) is 17.0 Å². The Morgan fingerprint density at radius 3 is 2.38 bits per heavy atom. The highest BCUT2D eigenvalue weighted by molar-refractivity contribution is 6.31. The summed E-state index contributed by atoms with van der Waals surface area (Å²) < 4.78 is 0. The molecule has 6 heteroatoms. The lowest BCUT2D eigenvalue weighted by atomic mass is 10.1. The zero-order valence-electron chi connectivity index (χ0n) is 10.9. The molecule has 0 aromatic heterocycles. The molecule has 5 nitrogen and oxygen atoms in total. The van der Waals surface area contributed by atoms with Crippen LogP contribution in [0, 0.1) is 0 Å². The zero-order valence-corrected chi connectivity index (χ0v) is 11.7. The van der Waals surface area contributed by atoms with Crippen LogP contribution in [0.4, 0.5) is 5.69 Å². The van der Waals surface area contributed by atoms with Gasteiger partial charge in [-0.3, -0.25) is 4.79 Å². The van der Waals surface area contributed by atoms with Crippen molar-refractivity contribution in [3.05, 3.63) is 64.7 Å². The molecule has 0 aliphatic rings. The van der Waals surface area contributed by atoms with Gasteiger partial charge in [-0.25, -0.2) is 4.79 Å².